The predicted molar refractivity (Wildman–Crippen MR) is 82.6 cm³/mol. The van der Waals surface area contributed by atoms with Crippen molar-refractivity contribution in [3.8, 4) is 0 Å². The summed E-state index contributed by atoms with van der Waals surface area (Å²) in [6, 6.07) is 11.4. The van der Waals surface area contributed by atoms with Crippen LogP contribution in [0.15, 0.2) is 46.0 Å². The number of nitrogens with zero attached hydrogens (tertiary/aromatic N) is 2. The molecule has 1 amide bonds. The molecular formula is C14H13BrN4O. The summed E-state index contributed by atoms with van der Waals surface area (Å²) in [6.45, 7) is 1.83. The number of hydrogen-bond donors (Lipinski definition) is 2. The maximum atomic E-state index is 11.7. The van der Waals surface area contributed by atoms with Crippen LogP contribution in [0.4, 0.5) is 0 Å². The monoisotopic (exact) mass is 332 g/mol. The van der Waals surface area contributed by atoms with Gasteiger partial charge >= 0.3 is 0 Å². The summed E-state index contributed by atoms with van der Waals surface area (Å²) in [6.07, 6.45) is 3.42. The van der Waals surface area contributed by atoms with Crippen LogP contribution >= 0.6 is 15.9 Å². The Hall–Kier alpha value is -2.21. The highest BCUT2D eigenvalue weighted by atomic mass is 79.9. The lowest BCUT2D eigenvalue weighted by molar-refractivity contribution is 0.0950. The number of nitrogens with one attached hydrogen (secondary N) is 2. The number of amides is 1. The molecule has 0 unspecified atom stereocenters. The van der Waals surface area contributed by atoms with Gasteiger partial charge in [0.1, 0.15) is 0 Å². The number of aromatic amines is 1. The van der Waals surface area contributed by atoms with Crippen molar-refractivity contribution in [2.24, 2.45) is 5.10 Å². The van der Waals surface area contributed by atoms with Crippen molar-refractivity contribution in [3.63, 3.8) is 0 Å². The van der Waals surface area contributed by atoms with Crippen molar-refractivity contribution >= 4 is 34.1 Å². The molecule has 5 nitrogen and oxygen atoms in total. The van der Waals surface area contributed by atoms with Crippen molar-refractivity contribution in [2.45, 2.75) is 6.92 Å². The third-order valence-electron chi connectivity index (χ3n) is 2.40. The second kappa shape index (κ2) is 6.81. The summed E-state index contributed by atoms with van der Waals surface area (Å²) in [5.41, 5.74) is 4.58. The van der Waals surface area contributed by atoms with Gasteiger partial charge in [-0.25, -0.2) is 5.43 Å². The highest BCUT2D eigenvalue weighted by Gasteiger charge is 2.07. The molecule has 0 fully saturated rings. The summed E-state index contributed by atoms with van der Waals surface area (Å²) >= 11 is 3.36. The van der Waals surface area contributed by atoms with Gasteiger partial charge in [0.2, 0.25) is 0 Å². The summed E-state index contributed by atoms with van der Waals surface area (Å²) in [5.74, 6) is -0.356. The van der Waals surface area contributed by atoms with Crippen molar-refractivity contribution in [1.29, 1.82) is 0 Å². The maximum Gasteiger partial charge on any atom is 0.291 e. The number of rotatable bonds is 4. The van der Waals surface area contributed by atoms with E-state index in [-0.39, 0.29) is 5.91 Å². The van der Waals surface area contributed by atoms with Crippen LogP contribution in [0.3, 0.4) is 0 Å². The van der Waals surface area contributed by atoms with Crippen molar-refractivity contribution in [1.82, 2.24) is 15.6 Å². The van der Waals surface area contributed by atoms with E-state index < -0.39 is 0 Å². The zero-order valence-corrected chi connectivity index (χ0v) is 12.4. The average molecular weight is 333 g/mol. The van der Waals surface area contributed by atoms with Gasteiger partial charge in [-0.05, 0) is 40.6 Å². The molecule has 0 spiro atoms. The van der Waals surface area contributed by atoms with Crippen LogP contribution in [0.2, 0.25) is 0 Å². The number of hydrazone groups is 1. The third kappa shape index (κ3) is 4.17. The molecule has 0 radical (unpaired) electrons. The minimum absolute atomic E-state index is 0.308. The number of carbonyl (C=O) groups excluding carboxylic acids is 1. The van der Waals surface area contributed by atoms with Crippen molar-refractivity contribution in [2.75, 3.05) is 0 Å². The summed E-state index contributed by atoms with van der Waals surface area (Å²) in [7, 11) is 0. The molecule has 0 saturated carbocycles. The highest BCUT2D eigenvalue weighted by Crippen LogP contribution is 2.09. The zero-order valence-electron chi connectivity index (χ0n) is 10.8. The molecule has 0 atom stereocenters. The third-order valence-corrected chi connectivity index (χ3v) is 2.83. The SMILES string of the molecule is Cc1cc(C(=O)NN=CC(Br)=Cc2ccccc2)n[nH]1. The Morgan fingerprint density at radius 3 is 2.80 bits per heavy atom. The van der Waals surface area contributed by atoms with Gasteiger partial charge in [-0.1, -0.05) is 30.3 Å². The molecule has 2 aromatic rings. The predicted octanol–water partition coefficient (Wildman–Crippen LogP) is 2.87. The number of halogens is 1. The molecule has 1 aromatic heterocycles. The lowest BCUT2D eigenvalue weighted by Crippen LogP contribution is -2.17. The number of H-pyrrole nitrogens is 1. The summed E-state index contributed by atoms with van der Waals surface area (Å²) in [5, 5.41) is 10.4. The number of carbonyl (C=O) groups is 1. The van der Waals surface area contributed by atoms with E-state index >= 15 is 0 Å². The Morgan fingerprint density at radius 2 is 2.15 bits per heavy atom. The van der Waals surface area contributed by atoms with E-state index in [4.69, 9.17) is 0 Å². The Morgan fingerprint density at radius 1 is 1.40 bits per heavy atom. The second-order valence-corrected chi connectivity index (χ2v) is 4.99. The van der Waals surface area contributed by atoms with Gasteiger partial charge < -0.3 is 0 Å². The molecule has 1 heterocycles. The van der Waals surface area contributed by atoms with Crippen LogP contribution in [0.1, 0.15) is 21.7 Å². The first-order valence-corrected chi connectivity index (χ1v) is 6.72. The van der Waals surface area contributed by atoms with Gasteiger partial charge in [0.15, 0.2) is 5.69 Å². The topological polar surface area (TPSA) is 70.1 Å². The number of hydrogen-bond acceptors (Lipinski definition) is 3. The van der Waals surface area contributed by atoms with E-state index in [1.165, 1.54) is 6.21 Å². The first-order chi connectivity index (χ1) is 9.65. The van der Waals surface area contributed by atoms with Gasteiger partial charge in [0.05, 0.1) is 6.21 Å². The molecule has 0 saturated heterocycles. The molecule has 0 aliphatic rings. The lowest BCUT2D eigenvalue weighted by atomic mass is 10.2. The van der Waals surface area contributed by atoms with E-state index in [0.29, 0.717) is 5.69 Å². The smallest absolute Gasteiger partial charge is 0.282 e. The Kier molecular flexibility index (Phi) is 4.84. The maximum absolute atomic E-state index is 11.7. The Bertz CT molecular complexity index is 646. The van der Waals surface area contributed by atoms with Gasteiger partial charge in [0, 0.05) is 10.2 Å². The zero-order chi connectivity index (χ0) is 14.4. The lowest BCUT2D eigenvalue weighted by Gasteiger charge is -1.95. The standard InChI is InChI=1S/C14H13BrN4O/c1-10-7-13(18-17-10)14(20)19-16-9-12(15)8-11-5-3-2-4-6-11/h2-9H,1H3,(H,17,18)(H,19,20). The van der Waals surface area contributed by atoms with Crippen LogP contribution in [-0.2, 0) is 0 Å². The summed E-state index contributed by atoms with van der Waals surface area (Å²) in [4.78, 5) is 11.7. The number of allylic oxidation sites excluding steroid dienone is 1. The fourth-order valence-electron chi connectivity index (χ4n) is 1.49. The van der Waals surface area contributed by atoms with Gasteiger partial charge in [-0.3, -0.25) is 9.89 Å². The van der Waals surface area contributed by atoms with E-state index in [1.807, 2.05) is 43.3 Å². The molecule has 20 heavy (non-hydrogen) atoms. The minimum atomic E-state index is -0.356. The van der Waals surface area contributed by atoms with Gasteiger partial charge in [-0.2, -0.15) is 10.2 Å². The fraction of sp³-hybridized carbons (Fsp3) is 0.0714. The van der Waals surface area contributed by atoms with Crippen LogP contribution in [0.5, 0.6) is 0 Å². The quantitative estimate of drug-likeness (QED) is 0.667. The minimum Gasteiger partial charge on any atom is -0.282 e. The molecule has 0 aliphatic heterocycles. The number of aromatic nitrogens is 2. The van der Waals surface area contributed by atoms with Crippen LogP contribution in [0.25, 0.3) is 6.08 Å². The molecule has 6 heteroatoms. The van der Waals surface area contributed by atoms with Crippen LogP contribution < -0.4 is 5.43 Å². The molecular weight excluding hydrogens is 320 g/mol. The molecule has 102 valence electrons. The molecule has 0 aliphatic carbocycles. The van der Waals surface area contributed by atoms with Crippen LogP contribution in [-0.4, -0.2) is 22.3 Å². The summed E-state index contributed by atoms with van der Waals surface area (Å²) < 4.78 is 0.752. The Labute approximate surface area is 124 Å². The molecule has 1 aromatic carbocycles. The van der Waals surface area contributed by atoms with E-state index in [2.05, 4.69) is 36.7 Å². The highest BCUT2D eigenvalue weighted by molar-refractivity contribution is 9.12. The van der Waals surface area contributed by atoms with Crippen molar-refractivity contribution < 1.29 is 4.79 Å². The largest absolute Gasteiger partial charge is 0.291 e. The molecule has 2 N–H and O–H groups in total. The molecule has 2 rings (SSSR count). The van der Waals surface area contributed by atoms with E-state index in [9.17, 15) is 4.79 Å². The first kappa shape index (κ1) is 14.2. The van der Waals surface area contributed by atoms with Gasteiger partial charge in [0.25, 0.3) is 5.91 Å². The second-order valence-electron chi connectivity index (χ2n) is 4.08. The number of aryl methyl sites for hydroxylation is 1. The van der Waals surface area contributed by atoms with Gasteiger partial charge in [-0.15, -0.1) is 0 Å². The van der Waals surface area contributed by atoms with E-state index in [0.717, 1.165) is 15.7 Å². The van der Waals surface area contributed by atoms with Crippen LogP contribution in [0, 0.1) is 6.92 Å². The number of benzene rings is 1. The fourth-order valence-corrected chi connectivity index (χ4v) is 1.86. The van der Waals surface area contributed by atoms with E-state index in [1.54, 1.807) is 6.07 Å². The van der Waals surface area contributed by atoms with Crippen molar-refractivity contribution in [3.05, 3.63) is 57.8 Å². The average Bonchev–Trinajstić information content (AvgIpc) is 2.86. The first-order valence-electron chi connectivity index (χ1n) is 5.93. The Balaban J connectivity index is 1.93. The molecule has 0 bridgehead atoms. The normalized spacial score (nSPS) is 11.8.